The Labute approximate surface area is 368 Å². The first kappa shape index (κ1) is 42.1. The summed E-state index contributed by atoms with van der Waals surface area (Å²) >= 11 is 7.99. The van der Waals surface area contributed by atoms with E-state index >= 15 is 0 Å². The molecule has 2 heterocycles. The summed E-state index contributed by atoms with van der Waals surface area (Å²) in [4.78, 5) is 4.49. The molecule has 7 heteroatoms. The van der Waals surface area contributed by atoms with Crippen LogP contribution in [0.15, 0.2) is 121 Å². The fraction of sp³-hybridized carbons (Fsp3) is 0.333. The molecule has 2 aliphatic rings. The number of nitrogens with zero attached hydrogens (tertiary/aromatic N) is 2. The van der Waals surface area contributed by atoms with Crippen molar-refractivity contribution in [2.75, 3.05) is 36.2 Å². The Hall–Kier alpha value is -5.59. The number of hydrogen-bond donors (Lipinski definition) is 0. The van der Waals surface area contributed by atoms with Crippen LogP contribution in [-0.4, -0.2) is 26.4 Å². The van der Waals surface area contributed by atoms with Crippen LogP contribution < -0.4 is 28.7 Å². The molecule has 0 atom stereocenters. The summed E-state index contributed by atoms with van der Waals surface area (Å²) < 4.78 is 24.8. The van der Waals surface area contributed by atoms with Crippen molar-refractivity contribution in [3.05, 3.63) is 143 Å². The first-order chi connectivity index (χ1) is 29.0. The Morgan fingerprint density at radius 3 is 1.08 bits per heavy atom. The van der Waals surface area contributed by atoms with Crippen LogP contribution in [-0.2, 0) is 16.2 Å². The summed E-state index contributed by atoms with van der Waals surface area (Å²) in [6.07, 6.45) is 1.62. The van der Waals surface area contributed by atoms with Gasteiger partial charge < -0.3 is 28.7 Å². The number of fused-ring (bicyclic) bond motifs is 2. The Balaban J connectivity index is 1.41. The number of halogens is 1. The van der Waals surface area contributed by atoms with E-state index in [4.69, 9.17) is 30.5 Å². The van der Waals surface area contributed by atoms with Crippen LogP contribution >= 0.6 is 11.6 Å². The standard InChI is InChI=1S/C54H59ClN2O4/c1-52(2,3)38-14-12-36(13-15-38)37-32-45(56(41-20-16-39(17-21-41)53(4,5)6)42-22-18-40(19-23-42)54(7,8)9)51(55)46(33-37)57(43-24-26-47-49(34-43)60-30-10-28-58-47)44-25-27-48-50(35-44)61-31-11-29-59-48/h12-27,32-35H,10-11,28-31H2,1-9H3. The van der Waals surface area contributed by atoms with E-state index < -0.39 is 0 Å². The molecule has 0 amide bonds. The predicted octanol–water partition coefficient (Wildman–Crippen LogP) is 15.2. The summed E-state index contributed by atoms with van der Waals surface area (Å²) in [5, 5.41) is 0.578. The monoisotopic (exact) mass is 834 g/mol. The summed E-state index contributed by atoms with van der Waals surface area (Å²) in [6, 6.07) is 43.4. The second-order valence-electron chi connectivity index (χ2n) is 19.3. The third-order valence-electron chi connectivity index (χ3n) is 11.6. The van der Waals surface area contributed by atoms with Gasteiger partial charge in [0.25, 0.3) is 0 Å². The van der Waals surface area contributed by atoms with Gasteiger partial charge in [0.1, 0.15) is 0 Å². The van der Waals surface area contributed by atoms with Gasteiger partial charge in [-0.15, -0.1) is 0 Å². The van der Waals surface area contributed by atoms with Gasteiger partial charge in [0, 0.05) is 36.3 Å². The van der Waals surface area contributed by atoms with Crippen molar-refractivity contribution in [1.82, 2.24) is 0 Å². The molecule has 0 aliphatic carbocycles. The van der Waals surface area contributed by atoms with E-state index in [0.717, 1.165) is 69.6 Å². The first-order valence-corrected chi connectivity index (χ1v) is 22.0. The minimum Gasteiger partial charge on any atom is -0.490 e. The molecule has 316 valence electrons. The summed E-state index contributed by atoms with van der Waals surface area (Å²) in [6.45, 7) is 22.6. The molecule has 6 nitrogen and oxygen atoms in total. The zero-order chi connectivity index (χ0) is 43.1. The minimum atomic E-state index is -0.00649. The summed E-state index contributed by atoms with van der Waals surface area (Å²) in [7, 11) is 0. The van der Waals surface area contributed by atoms with Crippen molar-refractivity contribution in [2.45, 2.75) is 91.4 Å². The van der Waals surface area contributed by atoms with Gasteiger partial charge in [-0.1, -0.05) is 122 Å². The van der Waals surface area contributed by atoms with Crippen LogP contribution in [0.25, 0.3) is 11.1 Å². The molecule has 0 bridgehead atoms. The Morgan fingerprint density at radius 2 is 0.705 bits per heavy atom. The summed E-state index contributed by atoms with van der Waals surface area (Å²) in [5.74, 6) is 2.84. The number of hydrogen-bond acceptors (Lipinski definition) is 6. The lowest BCUT2D eigenvalue weighted by molar-refractivity contribution is 0.296. The maximum absolute atomic E-state index is 7.99. The molecule has 6 aromatic carbocycles. The van der Waals surface area contributed by atoms with E-state index in [2.05, 4.69) is 181 Å². The van der Waals surface area contributed by atoms with E-state index in [9.17, 15) is 0 Å². The first-order valence-electron chi connectivity index (χ1n) is 21.6. The van der Waals surface area contributed by atoms with E-state index in [1.807, 2.05) is 12.1 Å². The molecule has 6 aromatic rings. The van der Waals surface area contributed by atoms with Gasteiger partial charge in [0.05, 0.1) is 54.2 Å². The predicted molar refractivity (Wildman–Crippen MR) is 254 cm³/mol. The van der Waals surface area contributed by atoms with Crippen molar-refractivity contribution in [2.24, 2.45) is 0 Å². The molecule has 2 aliphatic heterocycles. The quantitative estimate of drug-likeness (QED) is 0.160. The van der Waals surface area contributed by atoms with Crippen molar-refractivity contribution >= 4 is 45.7 Å². The molecule has 0 spiro atoms. The smallest absolute Gasteiger partial charge is 0.163 e. The maximum atomic E-state index is 7.99. The molecule has 61 heavy (non-hydrogen) atoms. The number of rotatable bonds is 7. The van der Waals surface area contributed by atoms with Gasteiger partial charge in [-0.05, 0) is 105 Å². The lowest BCUT2D eigenvalue weighted by Gasteiger charge is -2.33. The largest absolute Gasteiger partial charge is 0.490 e. The van der Waals surface area contributed by atoms with Gasteiger partial charge in [0.15, 0.2) is 23.0 Å². The number of anilines is 6. The second kappa shape index (κ2) is 16.7. The van der Waals surface area contributed by atoms with E-state index in [-0.39, 0.29) is 16.2 Å². The van der Waals surface area contributed by atoms with Crippen LogP contribution in [0.5, 0.6) is 23.0 Å². The maximum Gasteiger partial charge on any atom is 0.163 e. The van der Waals surface area contributed by atoms with Crippen LogP contribution in [0.4, 0.5) is 34.1 Å². The topological polar surface area (TPSA) is 43.4 Å². The SMILES string of the molecule is CC(C)(C)c1ccc(-c2cc(N(c3ccc(C(C)(C)C)cc3)c3ccc(C(C)(C)C)cc3)c(Cl)c(N(c3ccc4c(c3)OCCCO4)c3ccc4c(c3)OCCCO4)c2)cc1. The molecule has 0 saturated carbocycles. The van der Waals surface area contributed by atoms with E-state index in [1.54, 1.807) is 0 Å². The number of ether oxygens (including phenoxy) is 4. The van der Waals surface area contributed by atoms with Gasteiger partial charge >= 0.3 is 0 Å². The average Bonchev–Trinajstić information content (AvgIpc) is 3.62. The molecule has 0 unspecified atom stereocenters. The highest BCUT2D eigenvalue weighted by Gasteiger charge is 2.28. The van der Waals surface area contributed by atoms with Crippen molar-refractivity contribution in [3.8, 4) is 34.1 Å². The lowest BCUT2D eigenvalue weighted by Crippen LogP contribution is -2.16. The van der Waals surface area contributed by atoms with Crippen molar-refractivity contribution < 1.29 is 18.9 Å². The third-order valence-corrected chi connectivity index (χ3v) is 11.9. The van der Waals surface area contributed by atoms with Crippen LogP contribution in [0.3, 0.4) is 0 Å². The normalized spacial score (nSPS) is 14.2. The van der Waals surface area contributed by atoms with Crippen LogP contribution in [0, 0.1) is 0 Å². The minimum absolute atomic E-state index is 0.00649. The number of benzene rings is 6. The second-order valence-corrected chi connectivity index (χ2v) is 19.7. The highest BCUT2D eigenvalue weighted by molar-refractivity contribution is 6.37. The van der Waals surface area contributed by atoms with E-state index in [0.29, 0.717) is 42.9 Å². The molecular formula is C54H59ClN2O4. The highest BCUT2D eigenvalue weighted by Crippen LogP contribution is 2.51. The van der Waals surface area contributed by atoms with Gasteiger partial charge in [-0.3, -0.25) is 0 Å². The van der Waals surface area contributed by atoms with Crippen LogP contribution in [0.2, 0.25) is 5.02 Å². The zero-order valence-electron chi connectivity index (χ0n) is 37.2. The Morgan fingerprint density at radius 1 is 0.377 bits per heavy atom. The molecule has 0 aromatic heterocycles. The zero-order valence-corrected chi connectivity index (χ0v) is 38.0. The Bertz CT molecular complexity index is 2370. The fourth-order valence-corrected chi connectivity index (χ4v) is 8.18. The Kier molecular flexibility index (Phi) is 11.5. The van der Waals surface area contributed by atoms with Gasteiger partial charge in [-0.25, -0.2) is 0 Å². The van der Waals surface area contributed by atoms with Gasteiger partial charge in [-0.2, -0.15) is 0 Å². The van der Waals surface area contributed by atoms with Crippen LogP contribution in [0.1, 0.15) is 91.8 Å². The molecule has 0 N–H and O–H groups in total. The third kappa shape index (κ3) is 9.06. The van der Waals surface area contributed by atoms with Crippen molar-refractivity contribution in [3.63, 3.8) is 0 Å². The fourth-order valence-electron chi connectivity index (χ4n) is 7.91. The molecule has 0 fully saturated rings. The lowest BCUT2D eigenvalue weighted by atomic mass is 9.86. The molecule has 0 radical (unpaired) electrons. The van der Waals surface area contributed by atoms with E-state index in [1.165, 1.54) is 16.7 Å². The molecule has 8 rings (SSSR count). The average molecular weight is 836 g/mol. The highest BCUT2D eigenvalue weighted by atomic mass is 35.5. The molecular weight excluding hydrogens is 776 g/mol. The summed E-state index contributed by atoms with van der Waals surface area (Å²) in [5.41, 5.74) is 11.2. The van der Waals surface area contributed by atoms with Gasteiger partial charge in [0.2, 0.25) is 0 Å². The van der Waals surface area contributed by atoms with Crippen molar-refractivity contribution in [1.29, 1.82) is 0 Å². The molecule has 0 saturated heterocycles.